The van der Waals surface area contributed by atoms with Gasteiger partial charge in [-0.05, 0) is 43.5 Å². The molecular weight excluding hydrogens is 364 g/mol. The van der Waals surface area contributed by atoms with Crippen molar-refractivity contribution >= 4 is 16.8 Å². The molecule has 2 heterocycles. The Kier molecular flexibility index (Phi) is 5.27. The topological polar surface area (TPSA) is 71.6 Å². The molecule has 4 atom stereocenters. The number of aromatic amines is 1. The smallest absolute Gasteiger partial charge is 0.229 e. The summed E-state index contributed by atoms with van der Waals surface area (Å²) in [6.45, 7) is 10.2. The number of piperidine rings is 1. The van der Waals surface area contributed by atoms with Gasteiger partial charge in [0.1, 0.15) is 0 Å². The molecule has 2 aromatic rings. The van der Waals surface area contributed by atoms with Crippen LogP contribution in [0.5, 0.6) is 0 Å². The van der Waals surface area contributed by atoms with Gasteiger partial charge in [0, 0.05) is 48.7 Å². The molecule has 0 bridgehead atoms. The summed E-state index contributed by atoms with van der Waals surface area (Å²) in [6, 6.07) is 6.45. The van der Waals surface area contributed by atoms with Crippen LogP contribution in [0.15, 0.2) is 37.1 Å². The average molecular weight is 397 g/mol. The van der Waals surface area contributed by atoms with Crippen LogP contribution in [-0.4, -0.2) is 64.4 Å². The first-order valence-corrected chi connectivity index (χ1v) is 10.5. The van der Waals surface area contributed by atoms with E-state index in [9.17, 15) is 9.90 Å². The third-order valence-electron chi connectivity index (χ3n) is 6.98. The predicted molar refractivity (Wildman–Crippen MR) is 115 cm³/mol. The zero-order valence-electron chi connectivity index (χ0n) is 17.6. The number of H-pyrrole nitrogens is 1. The average Bonchev–Trinajstić information content (AvgIpc) is 3.11. The van der Waals surface area contributed by atoms with Gasteiger partial charge in [-0.25, -0.2) is 0 Å². The normalized spacial score (nSPS) is 27.4. The van der Waals surface area contributed by atoms with Crippen LogP contribution >= 0.6 is 0 Å². The number of benzene rings is 1. The van der Waals surface area contributed by atoms with E-state index in [2.05, 4.69) is 53.1 Å². The fraction of sp³-hybridized carbons (Fsp3) is 0.522. The van der Waals surface area contributed by atoms with Gasteiger partial charge in [-0.3, -0.25) is 15.0 Å². The van der Waals surface area contributed by atoms with Crippen LogP contribution in [0.3, 0.4) is 0 Å². The maximum Gasteiger partial charge on any atom is 0.229 e. The van der Waals surface area contributed by atoms with Crippen LogP contribution in [0, 0.1) is 5.92 Å². The Morgan fingerprint density at radius 1 is 1.55 bits per heavy atom. The van der Waals surface area contributed by atoms with E-state index in [0.717, 1.165) is 19.4 Å². The lowest BCUT2D eigenvalue weighted by atomic mass is 9.64. The highest BCUT2D eigenvalue weighted by Crippen LogP contribution is 2.50. The van der Waals surface area contributed by atoms with Gasteiger partial charge in [0.2, 0.25) is 5.91 Å². The van der Waals surface area contributed by atoms with Crippen molar-refractivity contribution in [2.75, 3.05) is 26.7 Å². The molecule has 1 aliphatic heterocycles. The van der Waals surface area contributed by atoms with Gasteiger partial charge in [-0.2, -0.15) is 0 Å². The summed E-state index contributed by atoms with van der Waals surface area (Å²) in [5, 5.41) is 14.5. The first-order chi connectivity index (χ1) is 13.9. The number of likely N-dealkylation sites (tertiary alicyclic amines) is 1. The van der Waals surface area contributed by atoms with Crippen molar-refractivity contribution in [1.82, 2.24) is 20.1 Å². The predicted octanol–water partition coefficient (Wildman–Crippen LogP) is 2.42. The van der Waals surface area contributed by atoms with Gasteiger partial charge in [-0.1, -0.05) is 25.1 Å². The van der Waals surface area contributed by atoms with E-state index in [0.29, 0.717) is 13.1 Å². The second kappa shape index (κ2) is 7.59. The molecule has 6 nitrogen and oxygen atoms in total. The Morgan fingerprint density at radius 3 is 3.07 bits per heavy atom. The third kappa shape index (κ3) is 3.19. The third-order valence-corrected chi connectivity index (χ3v) is 6.98. The monoisotopic (exact) mass is 396 g/mol. The molecule has 1 fully saturated rings. The fourth-order valence-electron chi connectivity index (χ4n) is 5.45. The summed E-state index contributed by atoms with van der Waals surface area (Å²) in [7, 11) is 1.67. The van der Waals surface area contributed by atoms with Crippen molar-refractivity contribution in [2.45, 2.75) is 44.5 Å². The summed E-state index contributed by atoms with van der Waals surface area (Å²) in [5.74, 6) is 0.0745. The van der Waals surface area contributed by atoms with E-state index in [-0.39, 0.29) is 23.3 Å². The Hall–Kier alpha value is -2.15. The summed E-state index contributed by atoms with van der Waals surface area (Å²) >= 11 is 0. The minimum Gasteiger partial charge on any atom is -0.361 e. The van der Waals surface area contributed by atoms with E-state index in [1.165, 1.54) is 26.9 Å². The zero-order chi connectivity index (χ0) is 20.8. The lowest BCUT2D eigenvalue weighted by molar-refractivity contribution is -0.149. The molecule has 4 rings (SSSR count). The minimum absolute atomic E-state index is 0.0124. The Labute approximate surface area is 172 Å². The van der Waals surface area contributed by atoms with Crippen LogP contribution in [-0.2, 0) is 11.2 Å². The molecule has 1 aromatic carbocycles. The molecule has 3 N–H and O–H groups in total. The van der Waals surface area contributed by atoms with Gasteiger partial charge >= 0.3 is 0 Å². The standard InChI is InChI=1S/C23H32N4O2/c1-5-10-27-14-15(21(28)26(4)22(29)24-6-2)11-18-17-8-7-9-19-20(17)16(13-25-19)12-23(18,27)3/h5,7-9,13,15,18,22,24-25,29H,1,6,10-12,14H2,2-4H3/t15-,18?,22?,23-/m1/s1. The minimum atomic E-state index is -0.959. The molecule has 1 aromatic heterocycles. The first kappa shape index (κ1) is 20.1. The molecule has 1 saturated heterocycles. The maximum absolute atomic E-state index is 13.2. The lowest BCUT2D eigenvalue weighted by Crippen LogP contribution is -2.61. The van der Waals surface area contributed by atoms with Crippen LogP contribution in [0.1, 0.15) is 37.3 Å². The molecule has 0 radical (unpaired) electrons. The molecule has 2 aliphatic rings. The van der Waals surface area contributed by atoms with Crippen LogP contribution in [0.2, 0.25) is 0 Å². The van der Waals surface area contributed by atoms with Crippen LogP contribution in [0.25, 0.3) is 10.9 Å². The maximum atomic E-state index is 13.2. The number of fused-ring (bicyclic) bond motifs is 2. The lowest BCUT2D eigenvalue weighted by Gasteiger charge is -2.54. The number of aliphatic hydroxyl groups excluding tert-OH is 1. The van der Waals surface area contributed by atoms with Gasteiger partial charge in [0.05, 0.1) is 5.92 Å². The molecule has 0 saturated carbocycles. The molecule has 6 heteroatoms. The molecular formula is C23H32N4O2. The highest BCUT2D eigenvalue weighted by molar-refractivity contribution is 5.89. The Morgan fingerprint density at radius 2 is 2.34 bits per heavy atom. The van der Waals surface area contributed by atoms with Crippen molar-refractivity contribution in [1.29, 1.82) is 0 Å². The van der Waals surface area contributed by atoms with Crippen molar-refractivity contribution < 1.29 is 9.90 Å². The second-order valence-electron chi connectivity index (χ2n) is 8.68. The van der Waals surface area contributed by atoms with Crippen molar-refractivity contribution in [3.63, 3.8) is 0 Å². The number of aromatic nitrogens is 1. The number of hydrogen-bond donors (Lipinski definition) is 3. The fourth-order valence-corrected chi connectivity index (χ4v) is 5.45. The van der Waals surface area contributed by atoms with E-state index in [1.54, 1.807) is 7.05 Å². The van der Waals surface area contributed by atoms with E-state index >= 15 is 0 Å². The summed E-state index contributed by atoms with van der Waals surface area (Å²) in [6.07, 6.45) is 4.86. The molecule has 1 amide bonds. The number of nitrogens with one attached hydrogen (secondary N) is 2. The molecule has 156 valence electrons. The summed E-state index contributed by atoms with van der Waals surface area (Å²) in [4.78, 5) is 20.5. The van der Waals surface area contributed by atoms with Gasteiger partial charge in [-0.15, -0.1) is 6.58 Å². The van der Waals surface area contributed by atoms with Gasteiger partial charge in [0.25, 0.3) is 0 Å². The molecule has 2 unspecified atom stereocenters. The Bertz CT molecular complexity index is 923. The van der Waals surface area contributed by atoms with E-state index in [1.807, 2.05) is 13.0 Å². The number of nitrogens with zero attached hydrogens (tertiary/aromatic N) is 2. The second-order valence-corrected chi connectivity index (χ2v) is 8.68. The number of carbonyl (C=O) groups is 1. The quantitative estimate of drug-likeness (QED) is 0.518. The van der Waals surface area contributed by atoms with E-state index < -0.39 is 6.35 Å². The van der Waals surface area contributed by atoms with Crippen LogP contribution in [0.4, 0.5) is 0 Å². The highest BCUT2D eigenvalue weighted by Gasteiger charge is 2.50. The molecule has 0 spiro atoms. The number of amides is 1. The van der Waals surface area contributed by atoms with Crippen molar-refractivity contribution in [3.05, 3.63) is 48.2 Å². The van der Waals surface area contributed by atoms with Crippen molar-refractivity contribution in [3.8, 4) is 0 Å². The number of aliphatic hydroxyl groups is 1. The molecule has 1 aliphatic carbocycles. The highest BCUT2D eigenvalue weighted by atomic mass is 16.3. The summed E-state index contributed by atoms with van der Waals surface area (Å²) in [5.41, 5.74) is 3.79. The number of rotatable bonds is 6. The van der Waals surface area contributed by atoms with E-state index in [4.69, 9.17) is 0 Å². The van der Waals surface area contributed by atoms with Gasteiger partial charge < -0.3 is 15.0 Å². The van der Waals surface area contributed by atoms with Crippen molar-refractivity contribution in [2.24, 2.45) is 5.92 Å². The largest absolute Gasteiger partial charge is 0.361 e. The SMILES string of the molecule is C=CCN1C[C@H](C(=O)N(C)C(O)NCC)CC2c3cccc4[nH]cc(c34)C[C@]21C. The number of carbonyl (C=O) groups excluding carboxylic acids is 1. The van der Waals surface area contributed by atoms with Crippen LogP contribution < -0.4 is 5.32 Å². The first-order valence-electron chi connectivity index (χ1n) is 10.5. The Balaban J connectivity index is 1.71. The summed E-state index contributed by atoms with van der Waals surface area (Å²) < 4.78 is 0. The zero-order valence-corrected chi connectivity index (χ0v) is 17.6. The number of hydrogen-bond acceptors (Lipinski definition) is 4. The molecule has 29 heavy (non-hydrogen) atoms. The van der Waals surface area contributed by atoms with Gasteiger partial charge in [0.15, 0.2) is 6.35 Å².